The van der Waals surface area contributed by atoms with Crippen molar-refractivity contribution in [1.29, 1.82) is 5.26 Å². The van der Waals surface area contributed by atoms with E-state index in [1.54, 1.807) is 18.5 Å². The third-order valence-corrected chi connectivity index (χ3v) is 3.45. The number of aromatic nitrogens is 4. The Morgan fingerprint density at radius 1 is 1.38 bits per heavy atom. The number of β-amino-alcohol motifs (C(OH)–C–C–N with tert-alkyl or cyclic N) is 1. The summed E-state index contributed by atoms with van der Waals surface area (Å²) < 4.78 is 1.36. The molecule has 0 aromatic carbocycles. The fourth-order valence-electron chi connectivity index (χ4n) is 2.45. The van der Waals surface area contributed by atoms with Crippen molar-refractivity contribution in [2.75, 3.05) is 23.7 Å². The Bertz CT molecular complexity index is 676. The van der Waals surface area contributed by atoms with Gasteiger partial charge in [0.05, 0.1) is 6.10 Å². The van der Waals surface area contributed by atoms with Crippen molar-refractivity contribution in [3.63, 3.8) is 0 Å². The highest BCUT2D eigenvalue weighted by atomic mass is 16.3. The maximum atomic E-state index is 9.78. The smallest absolute Gasteiger partial charge is 0.252 e. The molecule has 8 heteroatoms. The van der Waals surface area contributed by atoms with E-state index in [2.05, 4.69) is 21.1 Å². The van der Waals surface area contributed by atoms with Gasteiger partial charge in [-0.15, -0.1) is 5.10 Å². The molecule has 21 heavy (non-hydrogen) atoms. The number of nitriles is 1. The van der Waals surface area contributed by atoms with Gasteiger partial charge in [-0.3, -0.25) is 0 Å². The van der Waals surface area contributed by atoms with Gasteiger partial charge < -0.3 is 15.7 Å². The van der Waals surface area contributed by atoms with Gasteiger partial charge in [-0.1, -0.05) is 0 Å². The highest BCUT2D eigenvalue weighted by Gasteiger charge is 2.26. The number of nitrogens with two attached hydrogens (primary N) is 1. The Morgan fingerprint density at radius 3 is 2.81 bits per heavy atom. The minimum Gasteiger partial charge on any atom is -0.391 e. The van der Waals surface area contributed by atoms with Gasteiger partial charge in [-0.05, 0) is 18.9 Å². The summed E-state index contributed by atoms with van der Waals surface area (Å²) in [4.78, 5) is 10.1. The van der Waals surface area contributed by atoms with Gasteiger partial charge in [0.2, 0.25) is 0 Å². The monoisotopic (exact) mass is 285 g/mol. The van der Waals surface area contributed by atoms with Crippen LogP contribution in [0.5, 0.6) is 0 Å². The average molecular weight is 285 g/mol. The van der Waals surface area contributed by atoms with E-state index in [4.69, 9.17) is 5.73 Å². The first-order valence-electron chi connectivity index (χ1n) is 6.69. The van der Waals surface area contributed by atoms with E-state index >= 15 is 0 Å². The van der Waals surface area contributed by atoms with Crippen LogP contribution < -0.4 is 10.6 Å². The Labute approximate surface area is 121 Å². The lowest BCUT2D eigenvalue weighted by Crippen LogP contribution is -2.38. The van der Waals surface area contributed by atoms with E-state index in [9.17, 15) is 10.4 Å². The van der Waals surface area contributed by atoms with Gasteiger partial charge in [-0.25, -0.2) is 9.97 Å². The fourth-order valence-corrected chi connectivity index (χ4v) is 2.45. The SMILES string of the molecule is N#Cc1c(N2CCCC(O)C2)nn(-c2ncccn2)c1N. The van der Waals surface area contributed by atoms with Crippen molar-refractivity contribution < 1.29 is 5.11 Å². The van der Waals surface area contributed by atoms with Crippen molar-refractivity contribution in [2.45, 2.75) is 18.9 Å². The van der Waals surface area contributed by atoms with Crippen LogP contribution in [0.2, 0.25) is 0 Å². The second kappa shape index (κ2) is 5.38. The van der Waals surface area contributed by atoms with Gasteiger partial charge in [0.1, 0.15) is 11.6 Å². The third kappa shape index (κ3) is 2.39. The molecule has 0 aliphatic carbocycles. The molecular weight excluding hydrogens is 270 g/mol. The summed E-state index contributed by atoms with van der Waals surface area (Å²) in [7, 11) is 0. The molecule has 0 spiro atoms. The van der Waals surface area contributed by atoms with Crippen LogP contribution >= 0.6 is 0 Å². The predicted octanol–water partition coefficient (Wildman–Crippen LogP) is 0.0773. The summed E-state index contributed by atoms with van der Waals surface area (Å²) in [5.74, 6) is 0.996. The molecule has 3 N–H and O–H groups in total. The Balaban J connectivity index is 2.04. The first-order valence-corrected chi connectivity index (χ1v) is 6.69. The number of aliphatic hydroxyl groups is 1. The first-order chi connectivity index (χ1) is 10.2. The molecular formula is C13H15N7O. The standard InChI is InChI=1S/C13H15N7O/c14-7-10-11(15)20(13-16-4-2-5-17-13)18-12(10)19-6-1-3-9(21)8-19/h2,4-5,9,21H,1,3,6,8,15H2. The summed E-state index contributed by atoms with van der Waals surface area (Å²) in [5, 5.41) is 23.5. The molecule has 0 amide bonds. The predicted molar refractivity (Wildman–Crippen MR) is 75.7 cm³/mol. The summed E-state index contributed by atoms with van der Waals surface area (Å²) in [6.45, 7) is 1.18. The lowest BCUT2D eigenvalue weighted by molar-refractivity contribution is 0.154. The van der Waals surface area contributed by atoms with Crippen LogP contribution in [0, 0.1) is 11.3 Å². The summed E-state index contributed by atoms with van der Waals surface area (Å²) >= 11 is 0. The van der Waals surface area contributed by atoms with Gasteiger partial charge in [0.25, 0.3) is 5.95 Å². The number of nitrogen functional groups attached to an aromatic ring is 1. The molecule has 3 heterocycles. The molecule has 3 rings (SSSR count). The Morgan fingerprint density at radius 2 is 2.14 bits per heavy atom. The lowest BCUT2D eigenvalue weighted by Gasteiger charge is -2.30. The van der Waals surface area contributed by atoms with Crippen molar-refractivity contribution in [3.8, 4) is 12.0 Å². The largest absolute Gasteiger partial charge is 0.391 e. The highest BCUT2D eigenvalue weighted by Crippen LogP contribution is 2.28. The number of nitrogens with zero attached hydrogens (tertiary/aromatic N) is 6. The van der Waals surface area contributed by atoms with E-state index in [-0.39, 0.29) is 11.4 Å². The third-order valence-electron chi connectivity index (χ3n) is 3.45. The van der Waals surface area contributed by atoms with Crippen molar-refractivity contribution in [1.82, 2.24) is 19.7 Å². The second-order valence-electron chi connectivity index (χ2n) is 4.90. The van der Waals surface area contributed by atoms with Crippen LogP contribution in [0.15, 0.2) is 18.5 Å². The zero-order valence-corrected chi connectivity index (χ0v) is 11.3. The summed E-state index contributed by atoms with van der Waals surface area (Å²) in [6.07, 6.45) is 4.36. The van der Waals surface area contributed by atoms with Gasteiger partial charge in [0.15, 0.2) is 11.6 Å². The molecule has 2 aromatic heterocycles. The van der Waals surface area contributed by atoms with E-state index in [1.165, 1.54) is 4.68 Å². The van der Waals surface area contributed by atoms with E-state index in [0.717, 1.165) is 19.4 Å². The quantitative estimate of drug-likeness (QED) is 0.802. The lowest BCUT2D eigenvalue weighted by atomic mass is 10.1. The van der Waals surface area contributed by atoms with Crippen LogP contribution in [0.4, 0.5) is 11.6 Å². The van der Waals surface area contributed by atoms with E-state index in [0.29, 0.717) is 18.3 Å². The Kier molecular flexibility index (Phi) is 3.41. The number of piperidine rings is 1. The molecule has 1 aliphatic rings. The number of hydrogen-bond acceptors (Lipinski definition) is 7. The van der Waals surface area contributed by atoms with E-state index in [1.807, 2.05) is 4.90 Å². The van der Waals surface area contributed by atoms with Crippen LogP contribution in [0.1, 0.15) is 18.4 Å². The van der Waals surface area contributed by atoms with Gasteiger partial charge in [0, 0.05) is 25.5 Å². The maximum Gasteiger partial charge on any atom is 0.252 e. The molecule has 1 unspecified atom stereocenters. The molecule has 2 aromatic rings. The van der Waals surface area contributed by atoms with Crippen LogP contribution in [-0.2, 0) is 0 Å². The van der Waals surface area contributed by atoms with Crippen molar-refractivity contribution in [3.05, 3.63) is 24.0 Å². The maximum absolute atomic E-state index is 9.78. The van der Waals surface area contributed by atoms with Crippen LogP contribution in [0.25, 0.3) is 5.95 Å². The molecule has 0 saturated carbocycles. The molecule has 0 bridgehead atoms. The molecule has 108 valence electrons. The topological polar surface area (TPSA) is 117 Å². The molecule has 1 saturated heterocycles. The van der Waals surface area contributed by atoms with Crippen molar-refractivity contribution >= 4 is 11.6 Å². The summed E-state index contributed by atoms with van der Waals surface area (Å²) in [5.41, 5.74) is 6.29. The molecule has 1 atom stereocenters. The first kappa shape index (κ1) is 13.3. The van der Waals surface area contributed by atoms with Gasteiger partial charge in [-0.2, -0.15) is 9.94 Å². The fraction of sp³-hybridized carbons (Fsp3) is 0.385. The molecule has 0 radical (unpaired) electrons. The molecule has 1 aliphatic heterocycles. The number of aliphatic hydroxyl groups excluding tert-OH is 1. The van der Waals surface area contributed by atoms with Gasteiger partial charge >= 0.3 is 0 Å². The van der Waals surface area contributed by atoms with Crippen molar-refractivity contribution in [2.24, 2.45) is 0 Å². The molecule has 8 nitrogen and oxygen atoms in total. The zero-order valence-electron chi connectivity index (χ0n) is 11.3. The summed E-state index contributed by atoms with van der Waals surface area (Å²) in [6, 6.07) is 3.77. The van der Waals surface area contributed by atoms with Crippen LogP contribution in [-0.4, -0.2) is 44.0 Å². The normalized spacial score (nSPS) is 18.5. The number of rotatable bonds is 2. The number of hydrogen-bond donors (Lipinski definition) is 2. The van der Waals surface area contributed by atoms with E-state index < -0.39 is 6.10 Å². The molecule has 1 fully saturated rings. The number of anilines is 2. The Hall–Kier alpha value is -2.66. The minimum absolute atomic E-state index is 0.207. The van der Waals surface area contributed by atoms with Crippen LogP contribution in [0.3, 0.4) is 0 Å². The second-order valence-corrected chi connectivity index (χ2v) is 4.90. The average Bonchev–Trinajstić information content (AvgIpc) is 2.85. The zero-order chi connectivity index (χ0) is 14.8. The highest BCUT2D eigenvalue weighted by molar-refractivity contribution is 5.66. The minimum atomic E-state index is -0.412.